The molecule has 3 aromatic rings. The maximum absolute atomic E-state index is 13.2. The number of hydrogen-bond donors (Lipinski definition) is 1. The molecule has 0 saturated carbocycles. The molecule has 2 N–H and O–H groups in total. The molecule has 0 spiro atoms. The molecule has 1 unspecified atom stereocenters. The SMILES string of the molecule is CC1(C)CN(C(=O)c2cc(-c3ccco3)n(-c3ccc(Cl)cc3)n2)CCC1N.Cl. The van der Waals surface area contributed by atoms with Gasteiger partial charge in [-0.15, -0.1) is 12.4 Å². The van der Waals surface area contributed by atoms with Crippen LogP contribution >= 0.6 is 24.0 Å². The number of furan rings is 1. The number of piperidine rings is 1. The Balaban J connectivity index is 0.00000240. The van der Waals surface area contributed by atoms with Gasteiger partial charge in [-0.25, -0.2) is 4.68 Å². The first-order valence-corrected chi connectivity index (χ1v) is 9.68. The molecule has 1 fully saturated rings. The summed E-state index contributed by atoms with van der Waals surface area (Å²) in [5.74, 6) is 0.544. The molecule has 3 heterocycles. The van der Waals surface area contributed by atoms with Crippen molar-refractivity contribution >= 4 is 29.9 Å². The summed E-state index contributed by atoms with van der Waals surface area (Å²) < 4.78 is 7.27. The standard InChI is InChI=1S/C21H23ClN4O2.ClH/c1-21(2)13-25(10-9-19(21)23)20(27)16-12-17(18-4-3-11-28-18)26(24-16)15-7-5-14(22)6-8-15;/h3-8,11-12,19H,9-10,13,23H2,1-2H3;1H. The molecule has 1 aliphatic rings. The third-order valence-electron chi connectivity index (χ3n) is 5.37. The molecular weight excluding hydrogens is 411 g/mol. The lowest BCUT2D eigenvalue weighted by molar-refractivity contribution is 0.0527. The second-order valence-corrected chi connectivity index (χ2v) is 8.33. The molecule has 0 aliphatic carbocycles. The first-order valence-electron chi connectivity index (χ1n) is 9.30. The summed E-state index contributed by atoms with van der Waals surface area (Å²) in [5.41, 5.74) is 7.98. The maximum Gasteiger partial charge on any atom is 0.274 e. The van der Waals surface area contributed by atoms with Crippen molar-refractivity contribution in [3.05, 3.63) is 59.4 Å². The lowest BCUT2D eigenvalue weighted by atomic mass is 9.79. The van der Waals surface area contributed by atoms with E-state index in [1.165, 1.54) is 0 Å². The van der Waals surface area contributed by atoms with E-state index in [4.69, 9.17) is 21.8 Å². The van der Waals surface area contributed by atoms with Crippen molar-refractivity contribution < 1.29 is 9.21 Å². The summed E-state index contributed by atoms with van der Waals surface area (Å²) in [6.45, 7) is 5.43. The largest absolute Gasteiger partial charge is 0.463 e. The van der Waals surface area contributed by atoms with Crippen LogP contribution in [0.4, 0.5) is 0 Å². The van der Waals surface area contributed by atoms with Gasteiger partial charge in [-0.2, -0.15) is 5.10 Å². The number of amides is 1. The number of carbonyl (C=O) groups is 1. The van der Waals surface area contributed by atoms with Crippen molar-refractivity contribution in [1.82, 2.24) is 14.7 Å². The highest BCUT2D eigenvalue weighted by molar-refractivity contribution is 6.30. The van der Waals surface area contributed by atoms with E-state index in [1.54, 1.807) is 29.1 Å². The Bertz CT molecular complexity index is 981. The summed E-state index contributed by atoms with van der Waals surface area (Å²) in [6.07, 6.45) is 2.38. The number of rotatable bonds is 3. The summed E-state index contributed by atoms with van der Waals surface area (Å²) in [7, 11) is 0. The number of nitrogens with two attached hydrogens (primary N) is 1. The van der Waals surface area contributed by atoms with Crippen molar-refractivity contribution in [1.29, 1.82) is 0 Å². The van der Waals surface area contributed by atoms with Crippen molar-refractivity contribution in [3.8, 4) is 17.1 Å². The van der Waals surface area contributed by atoms with Gasteiger partial charge in [0.25, 0.3) is 5.91 Å². The Kier molecular flexibility index (Phi) is 6.08. The third-order valence-corrected chi connectivity index (χ3v) is 5.62. The van der Waals surface area contributed by atoms with Crippen LogP contribution in [-0.4, -0.2) is 39.7 Å². The van der Waals surface area contributed by atoms with E-state index >= 15 is 0 Å². The summed E-state index contributed by atoms with van der Waals surface area (Å²) >= 11 is 6.01. The molecular formula is C21H24Cl2N4O2. The second-order valence-electron chi connectivity index (χ2n) is 7.89. The van der Waals surface area contributed by atoms with E-state index in [2.05, 4.69) is 18.9 Å². The van der Waals surface area contributed by atoms with E-state index in [0.717, 1.165) is 12.1 Å². The second kappa shape index (κ2) is 8.22. The van der Waals surface area contributed by atoms with E-state index in [9.17, 15) is 4.79 Å². The van der Waals surface area contributed by atoms with Crippen molar-refractivity contribution in [3.63, 3.8) is 0 Å². The molecule has 29 heavy (non-hydrogen) atoms. The average molecular weight is 435 g/mol. The molecule has 8 heteroatoms. The van der Waals surface area contributed by atoms with E-state index in [0.29, 0.717) is 35.3 Å². The number of hydrogen-bond acceptors (Lipinski definition) is 4. The van der Waals surface area contributed by atoms with Gasteiger partial charge in [0.15, 0.2) is 11.5 Å². The minimum atomic E-state index is -0.128. The number of aromatic nitrogens is 2. The Morgan fingerprint density at radius 3 is 2.62 bits per heavy atom. The molecule has 1 aromatic carbocycles. The normalized spacial score (nSPS) is 18.3. The Labute approximate surface area is 181 Å². The highest BCUT2D eigenvalue weighted by Crippen LogP contribution is 2.30. The first kappa shape index (κ1) is 21.4. The number of likely N-dealkylation sites (tertiary alicyclic amines) is 1. The Morgan fingerprint density at radius 1 is 1.28 bits per heavy atom. The predicted molar refractivity (Wildman–Crippen MR) is 116 cm³/mol. The number of halogens is 2. The summed E-state index contributed by atoms with van der Waals surface area (Å²) in [6, 6.07) is 12.8. The number of benzene rings is 1. The van der Waals surface area contributed by atoms with Crippen molar-refractivity contribution in [2.75, 3.05) is 13.1 Å². The first-order chi connectivity index (χ1) is 13.3. The molecule has 1 saturated heterocycles. The van der Waals surface area contributed by atoms with Crippen LogP contribution in [0.1, 0.15) is 30.8 Å². The lowest BCUT2D eigenvalue weighted by Gasteiger charge is -2.42. The fourth-order valence-corrected chi connectivity index (χ4v) is 3.70. The van der Waals surface area contributed by atoms with Crippen LogP contribution < -0.4 is 5.73 Å². The molecule has 0 radical (unpaired) electrons. The Morgan fingerprint density at radius 2 is 2.00 bits per heavy atom. The van der Waals surface area contributed by atoms with Gasteiger partial charge in [0.2, 0.25) is 0 Å². The van der Waals surface area contributed by atoms with Crippen LogP contribution in [0.5, 0.6) is 0 Å². The molecule has 6 nitrogen and oxygen atoms in total. The highest BCUT2D eigenvalue weighted by atomic mass is 35.5. The third kappa shape index (κ3) is 4.20. The molecule has 4 rings (SSSR count). The topological polar surface area (TPSA) is 77.3 Å². The minimum absolute atomic E-state index is 0. The monoisotopic (exact) mass is 434 g/mol. The maximum atomic E-state index is 13.2. The fourth-order valence-electron chi connectivity index (χ4n) is 3.57. The van der Waals surface area contributed by atoms with Gasteiger partial charge >= 0.3 is 0 Å². The van der Waals surface area contributed by atoms with Crippen LogP contribution in [0.2, 0.25) is 5.02 Å². The summed E-state index contributed by atoms with van der Waals surface area (Å²) in [4.78, 5) is 15.0. The average Bonchev–Trinajstić information content (AvgIpc) is 3.33. The zero-order valence-corrected chi connectivity index (χ0v) is 17.9. The molecule has 2 aromatic heterocycles. The fraction of sp³-hybridized carbons (Fsp3) is 0.333. The van der Waals surface area contributed by atoms with E-state index in [1.807, 2.05) is 29.2 Å². The van der Waals surface area contributed by atoms with Crippen LogP contribution in [-0.2, 0) is 0 Å². The summed E-state index contributed by atoms with van der Waals surface area (Å²) in [5, 5.41) is 5.24. The molecule has 154 valence electrons. The van der Waals surface area contributed by atoms with Crippen LogP contribution in [0.15, 0.2) is 53.1 Å². The van der Waals surface area contributed by atoms with Crippen molar-refractivity contribution in [2.45, 2.75) is 26.3 Å². The zero-order valence-electron chi connectivity index (χ0n) is 16.3. The molecule has 1 aliphatic heterocycles. The quantitative estimate of drug-likeness (QED) is 0.661. The zero-order chi connectivity index (χ0) is 19.9. The van der Waals surface area contributed by atoms with Crippen LogP contribution in [0.3, 0.4) is 0 Å². The minimum Gasteiger partial charge on any atom is -0.463 e. The number of carbonyl (C=O) groups excluding carboxylic acids is 1. The smallest absolute Gasteiger partial charge is 0.274 e. The van der Waals surface area contributed by atoms with E-state index < -0.39 is 0 Å². The van der Waals surface area contributed by atoms with Gasteiger partial charge in [0.05, 0.1) is 12.0 Å². The highest BCUT2D eigenvalue weighted by Gasteiger charge is 2.36. The lowest BCUT2D eigenvalue weighted by Crippen LogP contribution is -2.54. The number of nitrogens with zero attached hydrogens (tertiary/aromatic N) is 3. The van der Waals surface area contributed by atoms with Gasteiger partial charge in [0.1, 0.15) is 5.69 Å². The van der Waals surface area contributed by atoms with Gasteiger partial charge < -0.3 is 15.1 Å². The van der Waals surface area contributed by atoms with Gasteiger partial charge in [-0.1, -0.05) is 25.4 Å². The van der Waals surface area contributed by atoms with Gasteiger partial charge in [0, 0.05) is 30.2 Å². The van der Waals surface area contributed by atoms with Crippen LogP contribution in [0.25, 0.3) is 17.1 Å². The molecule has 0 bridgehead atoms. The van der Waals surface area contributed by atoms with Crippen molar-refractivity contribution in [2.24, 2.45) is 11.1 Å². The van der Waals surface area contributed by atoms with Gasteiger partial charge in [-0.3, -0.25) is 4.79 Å². The molecule has 1 amide bonds. The van der Waals surface area contributed by atoms with Crippen LogP contribution in [0, 0.1) is 5.41 Å². The van der Waals surface area contributed by atoms with E-state index in [-0.39, 0.29) is 29.8 Å². The predicted octanol–water partition coefficient (Wildman–Crippen LogP) is 4.41. The Hall–Kier alpha value is -2.28. The van der Waals surface area contributed by atoms with Gasteiger partial charge in [-0.05, 0) is 48.2 Å². The molecule has 1 atom stereocenters.